The molecule has 0 radical (unpaired) electrons. The molecule has 3 aromatic rings. The molecule has 1 atom stereocenters. The first-order valence-corrected chi connectivity index (χ1v) is 12.6. The molecule has 0 saturated carbocycles. The molecular formula is C28H32N4OS. The van der Waals surface area contributed by atoms with E-state index in [0.717, 1.165) is 34.8 Å². The number of rotatable bonds is 8. The highest BCUT2D eigenvalue weighted by atomic mass is 32.1. The van der Waals surface area contributed by atoms with E-state index in [1.165, 1.54) is 17.1 Å². The molecule has 2 amide bonds. The summed E-state index contributed by atoms with van der Waals surface area (Å²) in [4.78, 5) is 19.8. The summed E-state index contributed by atoms with van der Waals surface area (Å²) >= 11 is 1.41. The van der Waals surface area contributed by atoms with Gasteiger partial charge in [0, 0.05) is 31.0 Å². The van der Waals surface area contributed by atoms with Crippen LogP contribution in [0.1, 0.15) is 32.0 Å². The van der Waals surface area contributed by atoms with Gasteiger partial charge in [0.05, 0.1) is 19.0 Å². The number of nitrogens with zero attached hydrogens (tertiary/aromatic N) is 4. The summed E-state index contributed by atoms with van der Waals surface area (Å²) in [5.41, 5.74) is 4.32. The van der Waals surface area contributed by atoms with E-state index in [9.17, 15) is 4.79 Å². The molecule has 0 bridgehead atoms. The van der Waals surface area contributed by atoms with Crippen LogP contribution in [0.2, 0.25) is 0 Å². The SMILES string of the molecule is C#CC(C)CN1CN(CC(C)C)C(=O)N(c2snc(Cc3ccccc3)c2-c2ccccc2)C1. The molecule has 4 rings (SSSR count). The molecule has 1 unspecified atom stereocenters. The second-order valence-electron chi connectivity index (χ2n) is 9.37. The Bertz CT molecular complexity index is 1140. The van der Waals surface area contributed by atoms with E-state index in [-0.39, 0.29) is 11.9 Å². The van der Waals surface area contributed by atoms with Gasteiger partial charge in [-0.15, -0.1) is 12.3 Å². The minimum absolute atomic E-state index is 0.0328. The van der Waals surface area contributed by atoms with Crippen LogP contribution in [0.15, 0.2) is 60.7 Å². The van der Waals surface area contributed by atoms with Crippen molar-refractivity contribution in [2.75, 3.05) is 31.3 Å². The van der Waals surface area contributed by atoms with Gasteiger partial charge in [0.25, 0.3) is 0 Å². The van der Waals surface area contributed by atoms with Crippen LogP contribution in [0, 0.1) is 24.2 Å². The number of benzene rings is 2. The summed E-state index contributed by atoms with van der Waals surface area (Å²) < 4.78 is 4.86. The second kappa shape index (κ2) is 10.9. The minimum Gasteiger partial charge on any atom is -0.311 e. The largest absolute Gasteiger partial charge is 0.327 e. The predicted octanol–water partition coefficient (Wildman–Crippen LogP) is 5.79. The van der Waals surface area contributed by atoms with E-state index < -0.39 is 0 Å². The fourth-order valence-electron chi connectivity index (χ4n) is 4.36. The van der Waals surface area contributed by atoms with Gasteiger partial charge < -0.3 is 4.90 Å². The number of aromatic nitrogens is 1. The first kappa shape index (κ1) is 24.0. The second-order valence-corrected chi connectivity index (χ2v) is 10.1. The van der Waals surface area contributed by atoms with Crippen molar-refractivity contribution in [2.45, 2.75) is 27.2 Å². The number of anilines is 1. The topological polar surface area (TPSA) is 39.7 Å². The maximum absolute atomic E-state index is 13.7. The smallest absolute Gasteiger partial charge is 0.311 e. The van der Waals surface area contributed by atoms with Gasteiger partial charge in [-0.3, -0.25) is 9.80 Å². The maximum Gasteiger partial charge on any atom is 0.327 e. The average Bonchev–Trinajstić information content (AvgIpc) is 3.25. The van der Waals surface area contributed by atoms with Crippen molar-refractivity contribution in [3.63, 3.8) is 0 Å². The van der Waals surface area contributed by atoms with Gasteiger partial charge in [-0.05, 0) is 28.6 Å². The summed E-state index contributed by atoms with van der Waals surface area (Å²) in [6, 6.07) is 20.7. The normalized spacial score (nSPS) is 15.6. The van der Waals surface area contributed by atoms with Crippen LogP contribution >= 0.6 is 11.5 Å². The number of amides is 2. The van der Waals surface area contributed by atoms with Gasteiger partial charge in [-0.25, -0.2) is 4.79 Å². The minimum atomic E-state index is 0.0328. The van der Waals surface area contributed by atoms with Crippen LogP contribution in [-0.2, 0) is 6.42 Å². The third-order valence-electron chi connectivity index (χ3n) is 5.88. The van der Waals surface area contributed by atoms with E-state index in [2.05, 4.69) is 48.9 Å². The van der Waals surface area contributed by atoms with E-state index in [1.807, 2.05) is 53.1 Å². The Morgan fingerprint density at radius 1 is 1.00 bits per heavy atom. The molecule has 1 fully saturated rings. The lowest BCUT2D eigenvalue weighted by Gasteiger charge is -2.42. The summed E-state index contributed by atoms with van der Waals surface area (Å²) in [7, 11) is 0. The van der Waals surface area contributed by atoms with Crippen molar-refractivity contribution in [3.8, 4) is 23.5 Å². The van der Waals surface area contributed by atoms with E-state index in [0.29, 0.717) is 25.8 Å². The zero-order chi connectivity index (χ0) is 24.1. The molecule has 34 heavy (non-hydrogen) atoms. The molecule has 1 aliphatic heterocycles. The summed E-state index contributed by atoms with van der Waals surface area (Å²) in [6.45, 7) is 8.87. The predicted molar refractivity (Wildman–Crippen MR) is 141 cm³/mol. The first-order chi connectivity index (χ1) is 16.5. The molecular weight excluding hydrogens is 440 g/mol. The van der Waals surface area contributed by atoms with Crippen molar-refractivity contribution < 1.29 is 4.79 Å². The summed E-state index contributed by atoms with van der Waals surface area (Å²) in [5, 5.41) is 0.897. The molecule has 0 spiro atoms. The molecule has 2 heterocycles. The molecule has 1 aromatic heterocycles. The fraction of sp³-hybridized carbons (Fsp3) is 0.357. The third-order valence-corrected chi connectivity index (χ3v) is 6.79. The van der Waals surface area contributed by atoms with E-state index in [1.54, 1.807) is 0 Å². The van der Waals surface area contributed by atoms with E-state index in [4.69, 9.17) is 10.8 Å². The first-order valence-electron chi connectivity index (χ1n) is 11.8. The summed E-state index contributed by atoms with van der Waals surface area (Å²) in [6.07, 6.45) is 6.40. The zero-order valence-electron chi connectivity index (χ0n) is 20.1. The Labute approximate surface area is 207 Å². The van der Waals surface area contributed by atoms with Gasteiger partial charge in [-0.1, -0.05) is 81.4 Å². The van der Waals surface area contributed by atoms with Gasteiger partial charge in [-0.2, -0.15) is 4.37 Å². The molecule has 5 nitrogen and oxygen atoms in total. The lowest BCUT2D eigenvalue weighted by Crippen LogP contribution is -2.59. The Kier molecular flexibility index (Phi) is 7.66. The van der Waals surface area contributed by atoms with Crippen molar-refractivity contribution in [3.05, 3.63) is 71.9 Å². The Hall–Kier alpha value is -3.14. The van der Waals surface area contributed by atoms with Crippen molar-refractivity contribution >= 4 is 22.6 Å². The number of hydrogen-bond donors (Lipinski definition) is 0. The molecule has 0 N–H and O–H groups in total. The van der Waals surface area contributed by atoms with Gasteiger partial charge >= 0.3 is 6.03 Å². The molecule has 2 aromatic carbocycles. The monoisotopic (exact) mass is 472 g/mol. The van der Waals surface area contributed by atoms with Crippen LogP contribution in [-0.4, -0.2) is 46.6 Å². The van der Waals surface area contributed by atoms with Crippen LogP contribution in [0.3, 0.4) is 0 Å². The lowest BCUT2D eigenvalue weighted by atomic mass is 10.0. The van der Waals surface area contributed by atoms with Crippen LogP contribution in [0.25, 0.3) is 11.1 Å². The van der Waals surface area contributed by atoms with Crippen LogP contribution in [0.4, 0.5) is 9.80 Å². The Morgan fingerprint density at radius 3 is 2.32 bits per heavy atom. The molecule has 1 saturated heterocycles. The maximum atomic E-state index is 13.7. The molecule has 176 valence electrons. The average molecular weight is 473 g/mol. The van der Waals surface area contributed by atoms with E-state index >= 15 is 0 Å². The highest BCUT2D eigenvalue weighted by Gasteiger charge is 2.35. The van der Waals surface area contributed by atoms with Gasteiger partial charge in [0.15, 0.2) is 0 Å². The standard InChI is InChI=1S/C28H32N4OS/c1-5-22(4)18-30-19-31(17-21(2)3)28(33)32(20-30)27-26(24-14-10-7-11-15-24)25(29-34-27)16-23-12-8-6-9-13-23/h1,6-15,21-22H,16-20H2,2-4H3. The zero-order valence-corrected chi connectivity index (χ0v) is 21.0. The lowest BCUT2D eigenvalue weighted by molar-refractivity contribution is 0.103. The highest BCUT2D eigenvalue weighted by Crippen LogP contribution is 2.40. The molecule has 1 aliphatic rings. The van der Waals surface area contributed by atoms with Crippen molar-refractivity contribution in [2.24, 2.45) is 11.8 Å². The quantitative estimate of drug-likeness (QED) is 0.390. The van der Waals surface area contributed by atoms with Crippen LogP contribution in [0.5, 0.6) is 0 Å². The third kappa shape index (κ3) is 5.49. The summed E-state index contributed by atoms with van der Waals surface area (Å²) in [5.74, 6) is 3.31. The number of terminal acetylenes is 1. The fourth-order valence-corrected chi connectivity index (χ4v) is 5.28. The number of carbonyl (C=O) groups is 1. The van der Waals surface area contributed by atoms with Crippen LogP contribution < -0.4 is 4.90 Å². The number of hydrogen-bond acceptors (Lipinski definition) is 4. The van der Waals surface area contributed by atoms with Crippen molar-refractivity contribution in [1.82, 2.24) is 14.2 Å². The van der Waals surface area contributed by atoms with Crippen molar-refractivity contribution in [1.29, 1.82) is 0 Å². The Morgan fingerprint density at radius 2 is 1.68 bits per heavy atom. The van der Waals surface area contributed by atoms with Gasteiger partial charge in [0.2, 0.25) is 0 Å². The van der Waals surface area contributed by atoms with Gasteiger partial charge in [0.1, 0.15) is 5.00 Å². The molecule has 6 heteroatoms. The molecule has 0 aliphatic carbocycles. The number of carbonyl (C=O) groups excluding carboxylic acids is 1. The highest BCUT2D eigenvalue weighted by molar-refractivity contribution is 7.11. The Balaban J connectivity index is 1.74. The number of urea groups is 1.